The van der Waals surface area contributed by atoms with Crippen molar-refractivity contribution in [2.45, 2.75) is 4.34 Å². The number of carbonyl (C=O) groups excluding carboxylic acids is 2. The molecule has 1 heterocycles. The molecule has 132 valence electrons. The number of thioether (sulfide) groups is 1. The molecule has 1 aromatic carbocycles. The maximum atomic E-state index is 11.7. The van der Waals surface area contributed by atoms with Gasteiger partial charge in [0.1, 0.15) is 5.75 Å². The number of hydrogen-bond acceptors (Lipinski definition) is 8. The quantitative estimate of drug-likeness (QED) is 0.478. The van der Waals surface area contributed by atoms with Gasteiger partial charge in [0, 0.05) is 12.2 Å². The average molecular weight is 379 g/mol. The molecule has 8 nitrogen and oxygen atoms in total. The lowest BCUT2D eigenvalue weighted by atomic mass is 10.3. The first-order chi connectivity index (χ1) is 12.1. The number of benzene rings is 1. The molecule has 1 aromatic heterocycles. The lowest BCUT2D eigenvalue weighted by Gasteiger charge is -2.03. The normalized spacial score (nSPS) is 9.96. The molecule has 0 aliphatic rings. The van der Waals surface area contributed by atoms with Crippen LogP contribution >= 0.6 is 23.1 Å². The van der Waals surface area contributed by atoms with E-state index in [0.717, 1.165) is 11.4 Å². The van der Waals surface area contributed by atoms with E-state index in [1.807, 2.05) is 24.3 Å². The predicted octanol–water partition coefficient (Wildman–Crippen LogP) is 2.39. The number of hydrogen-bond donors (Lipinski definition) is 3. The van der Waals surface area contributed by atoms with E-state index in [4.69, 9.17) is 4.74 Å². The molecule has 0 saturated heterocycles. The van der Waals surface area contributed by atoms with Crippen molar-refractivity contribution < 1.29 is 14.3 Å². The number of anilines is 2. The smallest absolute Gasteiger partial charge is 0.321 e. The predicted molar refractivity (Wildman–Crippen MR) is 98.6 cm³/mol. The van der Waals surface area contributed by atoms with E-state index in [1.165, 1.54) is 29.2 Å². The molecule has 0 unspecified atom stereocenters. The minimum atomic E-state index is -0.551. The van der Waals surface area contributed by atoms with Gasteiger partial charge in [0.25, 0.3) is 0 Å². The molecule has 2 rings (SSSR count). The number of amides is 3. The lowest BCUT2D eigenvalue weighted by Crippen LogP contribution is -2.40. The molecule has 25 heavy (non-hydrogen) atoms. The number of methoxy groups -OCH3 is 1. The Labute approximate surface area is 153 Å². The summed E-state index contributed by atoms with van der Waals surface area (Å²) in [5.41, 5.74) is 0.852. The van der Waals surface area contributed by atoms with Crippen LogP contribution in [0.15, 0.2) is 41.3 Å². The largest absolute Gasteiger partial charge is 0.497 e. The fraction of sp³-hybridized carbons (Fsp3) is 0.200. The first kappa shape index (κ1) is 18.7. The lowest BCUT2D eigenvalue weighted by molar-refractivity contribution is -0.117. The summed E-state index contributed by atoms with van der Waals surface area (Å²) < 4.78 is 5.72. The highest BCUT2D eigenvalue weighted by atomic mass is 32.2. The van der Waals surface area contributed by atoms with Crippen molar-refractivity contribution in [2.24, 2.45) is 0 Å². The van der Waals surface area contributed by atoms with Crippen molar-refractivity contribution in [3.8, 4) is 5.75 Å². The number of nitrogens with one attached hydrogen (secondary N) is 3. The molecule has 10 heteroatoms. The fourth-order valence-electron chi connectivity index (χ4n) is 1.62. The van der Waals surface area contributed by atoms with Crippen LogP contribution in [0.3, 0.4) is 0 Å². The summed E-state index contributed by atoms with van der Waals surface area (Å²) in [6.07, 6.45) is 1.53. The van der Waals surface area contributed by atoms with E-state index in [1.54, 1.807) is 7.11 Å². The molecule has 0 aliphatic carbocycles. The minimum Gasteiger partial charge on any atom is -0.497 e. The van der Waals surface area contributed by atoms with Crippen molar-refractivity contribution in [2.75, 3.05) is 24.7 Å². The average Bonchev–Trinajstić information content (AvgIpc) is 3.06. The molecule has 0 fully saturated rings. The highest BCUT2D eigenvalue weighted by molar-refractivity contribution is 8.01. The molecule has 0 saturated carbocycles. The molecular weight excluding hydrogens is 362 g/mol. The van der Waals surface area contributed by atoms with E-state index in [9.17, 15) is 9.59 Å². The second-order valence-electron chi connectivity index (χ2n) is 4.56. The number of rotatable bonds is 8. The van der Waals surface area contributed by atoms with Crippen molar-refractivity contribution in [1.82, 2.24) is 20.8 Å². The van der Waals surface area contributed by atoms with Crippen molar-refractivity contribution >= 4 is 45.9 Å². The Balaban J connectivity index is 1.79. The Morgan fingerprint density at radius 2 is 2.08 bits per heavy atom. The van der Waals surface area contributed by atoms with Gasteiger partial charge >= 0.3 is 6.03 Å². The van der Waals surface area contributed by atoms with E-state index in [-0.39, 0.29) is 5.75 Å². The highest BCUT2D eigenvalue weighted by Crippen LogP contribution is 2.28. The zero-order valence-corrected chi connectivity index (χ0v) is 15.1. The van der Waals surface area contributed by atoms with Crippen LogP contribution in [-0.2, 0) is 4.79 Å². The van der Waals surface area contributed by atoms with E-state index in [2.05, 4.69) is 32.7 Å². The maximum absolute atomic E-state index is 11.7. The Bertz CT molecular complexity index is 733. The first-order valence-corrected chi connectivity index (χ1v) is 8.97. The third kappa shape index (κ3) is 6.43. The second kappa shape index (κ2) is 9.64. The highest BCUT2D eigenvalue weighted by Gasteiger charge is 2.10. The van der Waals surface area contributed by atoms with Crippen LogP contribution in [0.25, 0.3) is 0 Å². The van der Waals surface area contributed by atoms with Gasteiger partial charge in [0.15, 0.2) is 4.34 Å². The van der Waals surface area contributed by atoms with Crippen LogP contribution in [-0.4, -0.2) is 41.5 Å². The first-order valence-electron chi connectivity index (χ1n) is 7.16. The van der Waals surface area contributed by atoms with Gasteiger partial charge in [-0.25, -0.2) is 4.79 Å². The minimum absolute atomic E-state index is 0.0681. The molecule has 0 atom stereocenters. The number of aromatic nitrogens is 2. The van der Waals surface area contributed by atoms with Gasteiger partial charge in [0.2, 0.25) is 11.0 Å². The van der Waals surface area contributed by atoms with Gasteiger partial charge in [-0.2, -0.15) is 0 Å². The zero-order valence-electron chi connectivity index (χ0n) is 13.4. The number of carbonyl (C=O) groups is 2. The van der Waals surface area contributed by atoms with Crippen LogP contribution in [0.2, 0.25) is 0 Å². The van der Waals surface area contributed by atoms with Gasteiger partial charge in [-0.15, -0.1) is 16.8 Å². The Morgan fingerprint density at radius 3 is 2.76 bits per heavy atom. The Morgan fingerprint density at radius 1 is 1.32 bits per heavy atom. The van der Waals surface area contributed by atoms with Gasteiger partial charge in [-0.1, -0.05) is 29.2 Å². The van der Waals surface area contributed by atoms with E-state index in [0.29, 0.717) is 16.0 Å². The molecule has 2 aromatic rings. The molecule has 0 bridgehead atoms. The van der Waals surface area contributed by atoms with Crippen LogP contribution < -0.4 is 20.7 Å². The summed E-state index contributed by atoms with van der Waals surface area (Å²) in [6.45, 7) is 3.77. The third-order valence-corrected chi connectivity index (χ3v) is 4.71. The van der Waals surface area contributed by atoms with E-state index < -0.39 is 11.9 Å². The summed E-state index contributed by atoms with van der Waals surface area (Å²) >= 11 is 2.52. The standard InChI is InChI=1S/C15H17N5O3S2/c1-3-8-16-13(22)18-12(21)9-24-15-20-19-14(25-15)17-10-4-6-11(23-2)7-5-10/h3-7H,1,8-9H2,2H3,(H,17,19)(H2,16,18,21,22). The fourth-order valence-corrected chi connectivity index (χ4v) is 3.19. The van der Waals surface area contributed by atoms with Crippen molar-refractivity contribution in [1.29, 1.82) is 0 Å². The zero-order chi connectivity index (χ0) is 18.1. The van der Waals surface area contributed by atoms with Crippen LogP contribution in [0.4, 0.5) is 15.6 Å². The SMILES string of the molecule is C=CCNC(=O)NC(=O)CSc1nnc(Nc2ccc(OC)cc2)s1. The number of ether oxygens (including phenoxy) is 1. The summed E-state index contributed by atoms with van der Waals surface area (Å²) in [5, 5.41) is 16.4. The molecule has 3 N–H and O–H groups in total. The van der Waals surface area contributed by atoms with Crippen molar-refractivity contribution in [3.63, 3.8) is 0 Å². The summed E-state index contributed by atoms with van der Waals surface area (Å²) in [5.74, 6) is 0.423. The van der Waals surface area contributed by atoms with Gasteiger partial charge in [-0.05, 0) is 24.3 Å². The summed E-state index contributed by atoms with van der Waals surface area (Å²) in [6, 6.07) is 6.84. The van der Waals surface area contributed by atoms with Crippen LogP contribution in [0.1, 0.15) is 0 Å². The topological polar surface area (TPSA) is 105 Å². The van der Waals surface area contributed by atoms with Crippen molar-refractivity contribution in [3.05, 3.63) is 36.9 Å². The third-order valence-electron chi connectivity index (χ3n) is 2.73. The molecule has 0 aliphatic heterocycles. The second-order valence-corrected chi connectivity index (χ2v) is 6.76. The summed E-state index contributed by atoms with van der Waals surface area (Å²) in [4.78, 5) is 23.0. The van der Waals surface area contributed by atoms with Gasteiger partial charge in [0.05, 0.1) is 12.9 Å². The monoisotopic (exact) mass is 379 g/mol. The van der Waals surface area contributed by atoms with Gasteiger partial charge in [-0.3, -0.25) is 10.1 Å². The number of urea groups is 1. The van der Waals surface area contributed by atoms with Crippen LogP contribution in [0.5, 0.6) is 5.75 Å². The molecule has 0 radical (unpaired) electrons. The summed E-state index contributed by atoms with van der Waals surface area (Å²) in [7, 11) is 1.61. The molecular formula is C15H17N5O3S2. The van der Waals surface area contributed by atoms with E-state index >= 15 is 0 Å². The Hall–Kier alpha value is -2.59. The molecule has 3 amide bonds. The van der Waals surface area contributed by atoms with Gasteiger partial charge < -0.3 is 15.4 Å². The van der Waals surface area contributed by atoms with Crippen LogP contribution in [0, 0.1) is 0 Å². The number of nitrogens with zero attached hydrogens (tertiary/aromatic N) is 2. The number of imide groups is 1. The molecule has 0 spiro atoms. The Kier molecular flexibility index (Phi) is 7.23. The maximum Gasteiger partial charge on any atom is 0.321 e.